The summed E-state index contributed by atoms with van der Waals surface area (Å²) < 4.78 is 0. The van der Waals surface area contributed by atoms with E-state index in [1.54, 1.807) is 18.4 Å². The summed E-state index contributed by atoms with van der Waals surface area (Å²) in [6, 6.07) is 6.51. The highest BCUT2D eigenvalue weighted by molar-refractivity contribution is 14.0. The Morgan fingerprint density at radius 3 is 2.50 bits per heavy atom. The Kier molecular flexibility index (Phi) is 8.69. The van der Waals surface area contributed by atoms with Gasteiger partial charge in [0.1, 0.15) is 5.01 Å². The maximum Gasteiger partial charge on any atom is 0.191 e. The van der Waals surface area contributed by atoms with E-state index in [9.17, 15) is 0 Å². The second kappa shape index (κ2) is 9.98. The molecule has 0 amide bonds. The van der Waals surface area contributed by atoms with Crippen LogP contribution in [0.2, 0.25) is 0 Å². The van der Waals surface area contributed by atoms with Gasteiger partial charge in [0.25, 0.3) is 0 Å². The topological polar surface area (TPSA) is 49.3 Å². The molecule has 2 rings (SSSR count). The normalized spacial score (nSPS) is 11.3. The highest BCUT2D eigenvalue weighted by Gasteiger charge is 2.06. The summed E-state index contributed by atoms with van der Waals surface area (Å²) in [4.78, 5) is 8.91. The Morgan fingerprint density at radius 1 is 1.21 bits per heavy atom. The van der Waals surface area contributed by atoms with E-state index in [4.69, 9.17) is 0 Å². The van der Waals surface area contributed by atoms with E-state index < -0.39 is 0 Å². The fourth-order valence-electron chi connectivity index (χ4n) is 2.27. The fraction of sp³-hybridized carbons (Fsp3) is 0.444. The number of nitrogens with one attached hydrogen (secondary N) is 2. The van der Waals surface area contributed by atoms with Crippen LogP contribution in [0.3, 0.4) is 0 Å². The Labute approximate surface area is 166 Å². The summed E-state index contributed by atoms with van der Waals surface area (Å²) in [5, 5.41) is 9.91. The van der Waals surface area contributed by atoms with E-state index >= 15 is 0 Å². The Balaban J connectivity index is 0.00000288. The molecular weight excluding hydrogens is 431 g/mol. The van der Waals surface area contributed by atoms with Crippen molar-refractivity contribution >= 4 is 41.3 Å². The highest BCUT2D eigenvalue weighted by Crippen LogP contribution is 2.17. The first-order valence-electron chi connectivity index (χ1n) is 7.94. The molecule has 1 aromatic carbocycles. The lowest BCUT2D eigenvalue weighted by Gasteiger charge is -2.12. The predicted octanol–water partition coefficient (Wildman–Crippen LogP) is 4.37. The Bertz CT molecular complexity index is 679. The third-order valence-electron chi connectivity index (χ3n) is 3.74. The van der Waals surface area contributed by atoms with Gasteiger partial charge in [-0.05, 0) is 30.9 Å². The van der Waals surface area contributed by atoms with Gasteiger partial charge in [0.15, 0.2) is 5.96 Å². The van der Waals surface area contributed by atoms with Crippen molar-refractivity contribution < 1.29 is 0 Å². The SMILES string of the molecule is CN=C(NCc1nc(C(C)C)cs1)NCc1ccc(C)cc1C.I. The number of guanidine groups is 1. The van der Waals surface area contributed by atoms with Crippen LogP contribution in [-0.2, 0) is 13.1 Å². The fourth-order valence-corrected chi connectivity index (χ4v) is 3.17. The van der Waals surface area contributed by atoms with E-state index in [1.807, 2.05) is 0 Å². The van der Waals surface area contributed by atoms with Gasteiger partial charge in [-0.25, -0.2) is 4.98 Å². The van der Waals surface area contributed by atoms with Crippen LogP contribution in [0.25, 0.3) is 0 Å². The summed E-state index contributed by atoms with van der Waals surface area (Å²) in [5.74, 6) is 1.27. The third kappa shape index (κ3) is 6.05. The van der Waals surface area contributed by atoms with Crippen LogP contribution in [0.5, 0.6) is 0 Å². The van der Waals surface area contributed by atoms with E-state index in [-0.39, 0.29) is 24.0 Å². The molecule has 132 valence electrons. The van der Waals surface area contributed by atoms with Gasteiger partial charge < -0.3 is 10.6 Å². The van der Waals surface area contributed by atoms with Gasteiger partial charge in [-0.3, -0.25) is 4.99 Å². The molecule has 24 heavy (non-hydrogen) atoms. The van der Waals surface area contributed by atoms with Crippen molar-refractivity contribution in [1.29, 1.82) is 0 Å². The summed E-state index contributed by atoms with van der Waals surface area (Å²) in [5.41, 5.74) is 5.04. The van der Waals surface area contributed by atoms with Gasteiger partial charge in [-0.1, -0.05) is 37.6 Å². The van der Waals surface area contributed by atoms with Crippen LogP contribution < -0.4 is 10.6 Å². The molecule has 6 heteroatoms. The van der Waals surface area contributed by atoms with Gasteiger partial charge >= 0.3 is 0 Å². The number of benzene rings is 1. The number of hydrogen-bond donors (Lipinski definition) is 2. The molecule has 0 aliphatic heterocycles. The molecule has 0 aliphatic rings. The molecule has 0 saturated heterocycles. The van der Waals surface area contributed by atoms with Gasteiger partial charge in [-0.2, -0.15) is 0 Å². The van der Waals surface area contributed by atoms with Gasteiger partial charge in [0.2, 0.25) is 0 Å². The molecule has 0 radical (unpaired) electrons. The largest absolute Gasteiger partial charge is 0.352 e. The zero-order valence-corrected chi connectivity index (χ0v) is 18.2. The number of aliphatic imine (C=N–C) groups is 1. The van der Waals surface area contributed by atoms with Gasteiger partial charge in [-0.15, -0.1) is 35.3 Å². The third-order valence-corrected chi connectivity index (χ3v) is 4.60. The van der Waals surface area contributed by atoms with Gasteiger partial charge in [0.05, 0.1) is 12.2 Å². The zero-order chi connectivity index (χ0) is 16.8. The van der Waals surface area contributed by atoms with Crippen LogP contribution >= 0.6 is 35.3 Å². The quantitative estimate of drug-likeness (QED) is 0.398. The van der Waals surface area contributed by atoms with E-state index in [1.165, 1.54) is 16.7 Å². The number of aromatic nitrogens is 1. The first-order valence-corrected chi connectivity index (χ1v) is 8.82. The monoisotopic (exact) mass is 458 g/mol. The number of hydrogen-bond acceptors (Lipinski definition) is 3. The predicted molar refractivity (Wildman–Crippen MR) is 115 cm³/mol. The summed E-state index contributed by atoms with van der Waals surface area (Å²) in [7, 11) is 1.79. The van der Waals surface area contributed by atoms with E-state index in [0.717, 1.165) is 23.2 Å². The molecule has 1 heterocycles. The lowest BCUT2D eigenvalue weighted by Crippen LogP contribution is -2.36. The van der Waals surface area contributed by atoms with Crippen molar-refractivity contribution in [2.75, 3.05) is 7.05 Å². The molecule has 1 aromatic heterocycles. The number of rotatable bonds is 5. The average Bonchev–Trinajstić information content (AvgIpc) is 2.98. The second-order valence-electron chi connectivity index (χ2n) is 6.03. The van der Waals surface area contributed by atoms with Crippen molar-refractivity contribution in [1.82, 2.24) is 15.6 Å². The van der Waals surface area contributed by atoms with Crippen LogP contribution in [0, 0.1) is 13.8 Å². The maximum atomic E-state index is 4.63. The highest BCUT2D eigenvalue weighted by atomic mass is 127. The first kappa shape index (κ1) is 20.9. The van der Waals surface area contributed by atoms with Crippen molar-refractivity contribution in [2.24, 2.45) is 4.99 Å². The molecule has 0 bridgehead atoms. The number of aryl methyl sites for hydroxylation is 2. The smallest absolute Gasteiger partial charge is 0.191 e. The molecule has 2 aromatic rings. The first-order chi connectivity index (χ1) is 11.0. The summed E-state index contributed by atoms with van der Waals surface area (Å²) in [6.07, 6.45) is 0. The van der Waals surface area contributed by atoms with Crippen molar-refractivity contribution in [3.63, 3.8) is 0 Å². The number of halogens is 1. The molecule has 0 saturated carbocycles. The standard InChI is InChI=1S/C18H26N4S.HI/c1-12(2)16-11-23-17(22-16)10-21-18(19-5)20-9-15-7-6-13(3)8-14(15)4;/h6-8,11-12H,9-10H2,1-5H3,(H2,19,20,21);1H. The van der Waals surface area contributed by atoms with Crippen LogP contribution in [-0.4, -0.2) is 18.0 Å². The van der Waals surface area contributed by atoms with Gasteiger partial charge in [0, 0.05) is 19.0 Å². The zero-order valence-electron chi connectivity index (χ0n) is 15.0. The molecule has 0 atom stereocenters. The second-order valence-corrected chi connectivity index (χ2v) is 6.97. The van der Waals surface area contributed by atoms with Crippen LogP contribution in [0.15, 0.2) is 28.6 Å². The number of thiazole rings is 1. The minimum Gasteiger partial charge on any atom is -0.352 e. The Morgan fingerprint density at radius 2 is 1.92 bits per heavy atom. The Hall–Kier alpha value is -1.15. The molecular formula is C18H27IN4S. The summed E-state index contributed by atoms with van der Waals surface area (Å²) in [6.45, 7) is 10.0. The minimum atomic E-state index is 0. The minimum absolute atomic E-state index is 0. The molecule has 0 unspecified atom stereocenters. The van der Waals surface area contributed by atoms with Crippen molar-refractivity contribution in [2.45, 2.75) is 46.7 Å². The van der Waals surface area contributed by atoms with Crippen molar-refractivity contribution in [3.8, 4) is 0 Å². The van der Waals surface area contributed by atoms with E-state index in [0.29, 0.717) is 12.5 Å². The van der Waals surface area contributed by atoms with E-state index in [2.05, 4.69) is 71.9 Å². The van der Waals surface area contributed by atoms with Crippen LogP contribution in [0.4, 0.5) is 0 Å². The average molecular weight is 458 g/mol. The maximum absolute atomic E-state index is 4.63. The molecule has 0 spiro atoms. The number of nitrogens with zero attached hydrogens (tertiary/aromatic N) is 2. The molecule has 0 aliphatic carbocycles. The molecule has 4 nitrogen and oxygen atoms in total. The lowest BCUT2D eigenvalue weighted by molar-refractivity contribution is 0.783. The molecule has 2 N–H and O–H groups in total. The van der Waals surface area contributed by atoms with Crippen molar-refractivity contribution in [3.05, 3.63) is 51.0 Å². The molecule has 0 fully saturated rings. The summed E-state index contributed by atoms with van der Waals surface area (Å²) >= 11 is 1.69. The lowest BCUT2D eigenvalue weighted by atomic mass is 10.1. The van der Waals surface area contributed by atoms with Crippen LogP contribution in [0.1, 0.15) is 47.2 Å².